The van der Waals surface area contributed by atoms with E-state index in [2.05, 4.69) is 10.2 Å². The SMILES string of the molecule is CN(C)S(=O)(=O)c1ccc(OC2=C[C@](C)(c3ccc(OC(F)(F)F)cc3)ON2)cc1. The number of hydrogen-bond acceptors (Lipinski definition) is 6. The average Bonchev–Trinajstić information content (AvgIpc) is 3.03. The average molecular weight is 444 g/mol. The second kappa shape index (κ2) is 7.82. The first-order valence-corrected chi connectivity index (χ1v) is 10.1. The van der Waals surface area contributed by atoms with E-state index in [1.807, 2.05) is 0 Å². The Bertz CT molecular complexity index is 1040. The highest BCUT2D eigenvalue weighted by Crippen LogP contribution is 2.34. The largest absolute Gasteiger partial charge is 0.573 e. The highest BCUT2D eigenvalue weighted by atomic mass is 32.2. The van der Waals surface area contributed by atoms with Crippen molar-refractivity contribution in [1.82, 2.24) is 9.79 Å². The fraction of sp³-hybridized carbons (Fsp3) is 0.263. The van der Waals surface area contributed by atoms with E-state index in [0.717, 1.165) is 4.31 Å². The lowest BCUT2D eigenvalue weighted by molar-refractivity contribution is -0.274. The molecular formula is C19H19F3N2O5S. The van der Waals surface area contributed by atoms with Gasteiger partial charge in [-0.1, -0.05) is 12.1 Å². The Kier molecular flexibility index (Phi) is 5.72. The Morgan fingerprint density at radius 2 is 1.57 bits per heavy atom. The second-order valence-corrected chi connectivity index (χ2v) is 8.90. The standard InChI is InChI=1S/C19H19F3N2O5S/c1-18(13-4-6-15(7-5-13)28-19(20,21)22)12-17(23-29-18)27-14-8-10-16(11-9-14)30(25,26)24(2)3/h4-12,23H,1-3H3/t18-/m1/s1. The first-order chi connectivity index (χ1) is 13.9. The van der Waals surface area contributed by atoms with Crippen LogP contribution in [0.2, 0.25) is 0 Å². The Morgan fingerprint density at radius 3 is 2.10 bits per heavy atom. The fourth-order valence-corrected chi connectivity index (χ4v) is 3.56. The number of alkyl halides is 3. The van der Waals surface area contributed by atoms with E-state index in [0.29, 0.717) is 11.3 Å². The molecule has 1 aliphatic heterocycles. The van der Waals surface area contributed by atoms with Crippen molar-refractivity contribution in [1.29, 1.82) is 0 Å². The molecular weight excluding hydrogens is 425 g/mol. The van der Waals surface area contributed by atoms with Gasteiger partial charge in [0.15, 0.2) is 0 Å². The van der Waals surface area contributed by atoms with Crippen LogP contribution < -0.4 is 15.0 Å². The Hall–Kier alpha value is -2.76. The molecule has 1 atom stereocenters. The van der Waals surface area contributed by atoms with Crippen LogP contribution in [0.1, 0.15) is 12.5 Å². The zero-order chi connectivity index (χ0) is 22.2. The Morgan fingerprint density at radius 1 is 1.00 bits per heavy atom. The molecule has 0 aromatic heterocycles. The number of halogens is 3. The highest BCUT2D eigenvalue weighted by molar-refractivity contribution is 7.89. The van der Waals surface area contributed by atoms with Gasteiger partial charge >= 0.3 is 6.36 Å². The molecule has 0 spiro atoms. The number of ether oxygens (including phenoxy) is 2. The van der Waals surface area contributed by atoms with Crippen molar-refractivity contribution >= 4 is 10.0 Å². The summed E-state index contributed by atoms with van der Waals surface area (Å²) in [7, 11) is -0.673. The lowest BCUT2D eigenvalue weighted by Crippen LogP contribution is -2.23. The van der Waals surface area contributed by atoms with Crippen LogP contribution in [0.3, 0.4) is 0 Å². The molecule has 162 valence electrons. The van der Waals surface area contributed by atoms with Gasteiger partial charge in [-0.05, 0) is 48.9 Å². The maximum atomic E-state index is 12.3. The topological polar surface area (TPSA) is 77.1 Å². The second-order valence-electron chi connectivity index (χ2n) is 6.75. The van der Waals surface area contributed by atoms with Gasteiger partial charge in [-0.3, -0.25) is 4.84 Å². The van der Waals surface area contributed by atoms with Gasteiger partial charge in [-0.15, -0.1) is 13.2 Å². The summed E-state index contributed by atoms with van der Waals surface area (Å²) in [4.78, 5) is 5.65. The summed E-state index contributed by atoms with van der Waals surface area (Å²) in [5.41, 5.74) is 2.18. The monoisotopic (exact) mass is 444 g/mol. The Labute approximate surface area is 171 Å². The predicted octanol–water partition coefficient (Wildman–Crippen LogP) is 3.51. The summed E-state index contributed by atoms with van der Waals surface area (Å²) < 4.78 is 71.7. The van der Waals surface area contributed by atoms with Gasteiger partial charge in [0.25, 0.3) is 0 Å². The first-order valence-electron chi connectivity index (χ1n) is 8.63. The number of nitrogens with one attached hydrogen (secondary N) is 1. The van der Waals surface area contributed by atoms with Gasteiger partial charge in [0.05, 0.1) is 4.90 Å². The number of rotatable bonds is 6. The first kappa shape index (κ1) is 21.9. The summed E-state index contributed by atoms with van der Waals surface area (Å²) in [5, 5.41) is 0. The lowest BCUT2D eigenvalue weighted by Gasteiger charge is -2.20. The normalized spacial score (nSPS) is 19.4. The molecule has 0 saturated heterocycles. The van der Waals surface area contributed by atoms with Gasteiger partial charge in [0.2, 0.25) is 15.9 Å². The molecule has 1 N–H and O–H groups in total. The van der Waals surface area contributed by atoms with E-state index in [4.69, 9.17) is 9.57 Å². The zero-order valence-corrected chi connectivity index (χ0v) is 17.0. The van der Waals surface area contributed by atoms with E-state index >= 15 is 0 Å². The Balaban J connectivity index is 1.72. The van der Waals surface area contributed by atoms with Crippen molar-refractivity contribution in [3.63, 3.8) is 0 Å². The van der Waals surface area contributed by atoms with Gasteiger partial charge < -0.3 is 9.47 Å². The van der Waals surface area contributed by atoms with E-state index in [9.17, 15) is 21.6 Å². The molecule has 3 rings (SSSR count). The number of hydroxylamine groups is 1. The smallest absolute Gasteiger partial charge is 0.439 e. The molecule has 2 aromatic carbocycles. The summed E-state index contributed by atoms with van der Waals surface area (Å²) in [6.45, 7) is 1.70. The third-order valence-electron chi connectivity index (χ3n) is 4.26. The van der Waals surface area contributed by atoms with E-state index < -0.39 is 22.0 Å². The number of sulfonamides is 1. The molecule has 0 fully saturated rings. The minimum Gasteiger partial charge on any atom is -0.439 e. The van der Waals surface area contributed by atoms with Crippen LogP contribution in [-0.2, 0) is 20.5 Å². The van der Waals surface area contributed by atoms with Crippen LogP contribution in [-0.4, -0.2) is 33.2 Å². The maximum Gasteiger partial charge on any atom is 0.573 e. The summed E-state index contributed by atoms with van der Waals surface area (Å²) in [5.74, 6) is 0.276. The van der Waals surface area contributed by atoms with Crippen molar-refractivity contribution in [3.8, 4) is 11.5 Å². The summed E-state index contributed by atoms with van der Waals surface area (Å²) in [6, 6.07) is 11.1. The molecule has 0 aliphatic carbocycles. The molecule has 0 amide bonds. The number of nitrogens with zero attached hydrogens (tertiary/aromatic N) is 1. The van der Waals surface area contributed by atoms with Crippen molar-refractivity contribution in [3.05, 3.63) is 66.1 Å². The van der Waals surface area contributed by atoms with Gasteiger partial charge in [-0.25, -0.2) is 18.2 Å². The van der Waals surface area contributed by atoms with Crippen LogP contribution in [0, 0.1) is 0 Å². The van der Waals surface area contributed by atoms with E-state index in [-0.39, 0.29) is 16.5 Å². The van der Waals surface area contributed by atoms with E-state index in [1.165, 1.54) is 62.6 Å². The molecule has 1 heterocycles. The van der Waals surface area contributed by atoms with Crippen LogP contribution in [0.5, 0.6) is 11.5 Å². The van der Waals surface area contributed by atoms with Crippen molar-refractivity contribution in [2.75, 3.05) is 14.1 Å². The summed E-state index contributed by atoms with van der Waals surface area (Å²) >= 11 is 0. The molecule has 11 heteroatoms. The minimum atomic E-state index is -4.76. The van der Waals surface area contributed by atoms with Crippen molar-refractivity contribution in [2.45, 2.75) is 23.8 Å². The van der Waals surface area contributed by atoms with Crippen molar-refractivity contribution < 1.29 is 35.9 Å². The number of hydrogen-bond donors (Lipinski definition) is 1. The highest BCUT2D eigenvalue weighted by Gasteiger charge is 2.34. The fourth-order valence-electron chi connectivity index (χ4n) is 2.66. The van der Waals surface area contributed by atoms with Gasteiger partial charge in [-0.2, -0.15) is 0 Å². The maximum absolute atomic E-state index is 12.3. The molecule has 0 saturated carbocycles. The quantitative estimate of drug-likeness (QED) is 0.735. The lowest BCUT2D eigenvalue weighted by atomic mass is 9.96. The van der Waals surface area contributed by atoms with Gasteiger partial charge in [0.1, 0.15) is 17.1 Å². The molecule has 7 nitrogen and oxygen atoms in total. The van der Waals surface area contributed by atoms with Crippen molar-refractivity contribution in [2.24, 2.45) is 0 Å². The molecule has 30 heavy (non-hydrogen) atoms. The van der Waals surface area contributed by atoms with Crippen LogP contribution in [0.25, 0.3) is 0 Å². The van der Waals surface area contributed by atoms with Crippen LogP contribution in [0.15, 0.2) is 65.4 Å². The van der Waals surface area contributed by atoms with Crippen LogP contribution in [0.4, 0.5) is 13.2 Å². The third-order valence-corrected chi connectivity index (χ3v) is 6.09. The predicted molar refractivity (Wildman–Crippen MR) is 101 cm³/mol. The van der Waals surface area contributed by atoms with Crippen LogP contribution >= 0.6 is 0 Å². The minimum absolute atomic E-state index is 0.121. The molecule has 2 aromatic rings. The zero-order valence-electron chi connectivity index (χ0n) is 16.2. The molecule has 1 aliphatic rings. The molecule has 0 radical (unpaired) electrons. The molecule has 0 bridgehead atoms. The van der Waals surface area contributed by atoms with E-state index in [1.54, 1.807) is 13.0 Å². The van der Waals surface area contributed by atoms with Gasteiger partial charge in [0, 0.05) is 20.2 Å². The molecule has 0 unspecified atom stereocenters. The third kappa shape index (κ3) is 4.86. The number of benzene rings is 2. The summed E-state index contributed by atoms with van der Waals surface area (Å²) in [6.07, 6.45) is -3.16.